The molecule has 0 saturated heterocycles. The summed E-state index contributed by atoms with van der Waals surface area (Å²) in [4.78, 5) is 2.31. The van der Waals surface area contributed by atoms with E-state index >= 15 is 0 Å². The molecule has 0 spiro atoms. The molecule has 1 aliphatic carbocycles. The van der Waals surface area contributed by atoms with Crippen LogP contribution in [0.5, 0.6) is 0 Å². The zero-order chi connectivity index (χ0) is 11.5. The summed E-state index contributed by atoms with van der Waals surface area (Å²) in [5.41, 5.74) is 7.17. The molecule has 1 fully saturated rings. The zero-order valence-corrected chi connectivity index (χ0v) is 10.1. The Hall–Kier alpha value is -0.940. The van der Waals surface area contributed by atoms with Gasteiger partial charge in [0.25, 0.3) is 0 Å². The third-order valence-corrected chi connectivity index (χ3v) is 3.41. The van der Waals surface area contributed by atoms with Crippen molar-refractivity contribution in [1.82, 2.24) is 19.9 Å². The molecule has 1 saturated carbocycles. The summed E-state index contributed by atoms with van der Waals surface area (Å²) < 4.78 is 1.74. The number of aromatic nitrogens is 3. The van der Waals surface area contributed by atoms with E-state index in [2.05, 4.69) is 22.3 Å². The molecule has 0 amide bonds. The van der Waals surface area contributed by atoms with E-state index in [0.29, 0.717) is 12.1 Å². The number of likely N-dealkylation sites (N-methyl/N-ethyl adjacent to an activating group) is 1. The fraction of sp³-hybridized carbons (Fsp3) is 0.818. The van der Waals surface area contributed by atoms with Gasteiger partial charge in [0.05, 0.1) is 5.69 Å². The van der Waals surface area contributed by atoms with E-state index in [9.17, 15) is 0 Å². The molecule has 0 bridgehead atoms. The first-order chi connectivity index (χ1) is 7.66. The van der Waals surface area contributed by atoms with Gasteiger partial charge in [0.2, 0.25) is 0 Å². The number of nitrogens with two attached hydrogens (primary N) is 1. The molecule has 5 nitrogen and oxygen atoms in total. The summed E-state index contributed by atoms with van der Waals surface area (Å²) in [7, 11) is 4.02. The SMILES string of the molecule is CN(Cc1cn(C)nn1)C1CCCCC1N. The lowest BCUT2D eigenvalue weighted by atomic mass is 9.90. The molecule has 1 aromatic heterocycles. The fourth-order valence-corrected chi connectivity index (χ4v) is 2.53. The second-order valence-electron chi connectivity index (χ2n) is 4.81. The quantitative estimate of drug-likeness (QED) is 0.811. The molecule has 2 N–H and O–H groups in total. The Kier molecular flexibility index (Phi) is 3.56. The van der Waals surface area contributed by atoms with Crippen LogP contribution in [0.2, 0.25) is 0 Å². The van der Waals surface area contributed by atoms with Crippen molar-refractivity contribution in [1.29, 1.82) is 0 Å². The molecule has 2 unspecified atom stereocenters. The number of aryl methyl sites for hydroxylation is 1. The lowest BCUT2D eigenvalue weighted by Gasteiger charge is -2.35. The molecule has 1 heterocycles. The van der Waals surface area contributed by atoms with E-state index in [1.54, 1.807) is 4.68 Å². The highest BCUT2D eigenvalue weighted by atomic mass is 15.4. The van der Waals surface area contributed by atoms with Crippen molar-refractivity contribution in [2.75, 3.05) is 7.05 Å². The molecule has 0 radical (unpaired) electrons. The van der Waals surface area contributed by atoms with Gasteiger partial charge in [-0.2, -0.15) is 0 Å². The molecule has 5 heteroatoms. The summed E-state index contributed by atoms with van der Waals surface area (Å²) in [6.45, 7) is 0.839. The molecule has 1 aliphatic rings. The van der Waals surface area contributed by atoms with Gasteiger partial charge in [0, 0.05) is 31.9 Å². The average Bonchev–Trinajstić information content (AvgIpc) is 2.64. The van der Waals surface area contributed by atoms with Crippen molar-refractivity contribution in [2.45, 2.75) is 44.3 Å². The van der Waals surface area contributed by atoms with Crippen molar-refractivity contribution in [2.24, 2.45) is 12.8 Å². The van der Waals surface area contributed by atoms with Crippen LogP contribution in [0.1, 0.15) is 31.4 Å². The Labute approximate surface area is 96.6 Å². The van der Waals surface area contributed by atoms with Crippen LogP contribution < -0.4 is 5.73 Å². The second-order valence-corrected chi connectivity index (χ2v) is 4.81. The third kappa shape index (κ3) is 2.59. The monoisotopic (exact) mass is 223 g/mol. The first-order valence-corrected chi connectivity index (χ1v) is 5.98. The number of hydrogen-bond donors (Lipinski definition) is 1. The Morgan fingerprint density at radius 3 is 2.88 bits per heavy atom. The maximum atomic E-state index is 6.16. The zero-order valence-electron chi connectivity index (χ0n) is 10.1. The largest absolute Gasteiger partial charge is 0.326 e. The van der Waals surface area contributed by atoms with Crippen molar-refractivity contribution < 1.29 is 0 Å². The second kappa shape index (κ2) is 4.93. The van der Waals surface area contributed by atoms with E-state index in [1.165, 1.54) is 19.3 Å². The van der Waals surface area contributed by atoms with E-state index in [1.807, 2.05) is 13.2 Å². The Bertz CT molecular complexity index is 335. The molecule has 2 rings (SSSR count). The van der Waals surface area contributed by atoms with Crippen LogP contribution in [0.15, 0.2) is 6.20 Å². The lowest BCUT2D eigenvalue weighted by molar-refractivity contribution is 0.160. The van der Waals surface area contributed by atoms with Crippen LogP contribution in [0.25, 0.3) is 0 Å². The highest BCUT2D eigenvalue weighted by Gasteiger charge is 2.25. The predicted molar refractivity (Wildman–Crippen MR) is 62.7 cm³/mol. The standard InChI is InChI=1S/C11H21N5/c1-15(7-9-8-16(2)14-13-9)11-6-4-3-5-10(11)12/h8,10-11H,3-7,12H2,1-2H3. The molecule has 0 aromatic carbocycles. The molecular formula is C11H21N5. The lowest BCUT2D eigenvalue weighted by Crippen LogP contribution is -2.47. The maximum absolute atomic E-state index is 6.16. The van der Waals surface area contributed by atoms with E-state index in [-0.39, 0.29) is 0 Å². The number of nitrogens with zero attached hydrogens (tertiary/aromatic N) is 4. The molecule has 0 aliphatic heterocycles. The summed E-state index contributed by atoms with van der Waals surface area (Å²) in [5.74, 6) is 0. The summed E-state index contributed by atoms with van der Waals surface area (Å²) >= 11 is 0. The van der Waals surface area contributed by atoms with E-state index < -0.39 is 0 Å². The first-order valence-electron chi connectivity index (χ1n) is 5.98. The highest BCUT2D eigenvalue weighted by Crippen LogP contribution is 2.21. The minimum absolute atomic E-state index is 0.315. The Morgan fingerprint density at radius 1 is 1.50 bits per heavy atom. The van der Waals surface area contributed by atoms with Gasteiger partial charge in [-0.15, -0.1) is 5.10 Å². The smallest absolute Gasteiger partial charge is 0.0967 e. The molecule has 90 valence electrons. The molecular weight excluding hydrogens is 202 g/mol. The van der Waals surface area contributed by atoms with Crippen LogP contribution in [0.4, 0.5) is 0 Å². The van der Waals surface area contributed by atoms with Crippen molar-refractivity contribution >= 4 is 0 Å². The van der Waals surface area contributed by atoms with Crippen LogP contribution >= 0.6 is 0 Å². The Morgan fingerprint density at radius 2 is 2.25 bits per heavy atom. The van der Waals surface area contributed by atoms with Crippen molar-refractivity contribution in [3.05, 3.63) is 11.9 Å². The van der Waals surface area contributed by atoms with E-state index in [0.717, 1.165) is 18.7 Å². The molecule has 1 aromatic rings. The van der Waals surface area contributed by atoms with Gasteiger partial charge in [0.1, 0.15) is 0 Å². The van der Waals surface area contributed by atoms with Gasteiger partial charge in [-0.05, 0) is 19.9 Å². The summed E-state index contributed by atoms with van der Waals surface area (Å²) in [5, 5.41) is 8.05. The van der Waals surface area contributed by atoms with E-state index in [4.69, 9.17) is 5.73 Å². The van der Waals surface area contributed by atoms with Crippen LogP contribution in [-0.2, 0) is 13.6 Å². The summed E-state index contributed by atoms with van der Waals surface area (Å²) in [6.07, 6.45) is 6.89. The van der Waals surface area contributed by atoms with Gasteiger partial charge in [-0.1, -0.05) is 18.1 Å². The fourth-order valence-electron chi connectivity index (χ4n) is 2.53. The first kappa shape index (κ1) is 11.5. The minimum Gasteiger partial charge on any atom is -0.326 e. The van der Waals surface area contributed by atoms with Gasteiger partial charge >= 0.3 is 0 Å². The topological polar surface area (TPSA) is 60.0 Å². The summed E-state index contributed by atoms with van der Waals surface area (Å²) in [6, 6.07) is 0.811. The molecule has 16 heavy (non-hydrogen) atoms. The van der Waals surface area contributed by atoms with Gasteiger partial charge in [0.15, 0.2) is 0 Å². The van der Waals surface area contributed by atoms with Gasteiger partial charge in [-0.25, -0.2) is 0 Å². The highest BCUT2D eigenvalue weighted by molar-refractivity contribution is 4.94. The van der Waals surface area contributed by atoms with Crippen molar-refractivity contribution in [3.63, 3.8) is 0 Å². The molecule has 2 atom stereocenters. The Balaban J connectivity index is 1.93. The predicted octanol–water partition coefficient (Wildman–Crippen LogP) is 0.517. The van der Waals surface area contributed by atoms with Crippen LogP contribution in [0.3, 0.4) is 0 Å². The average molecular weight is 223 g/mol. The normalized spacial score (nSPS) is 26.2. The van der Waals surface area contributed by atoms with Crippen LogP contribution in [-0.4, -0.2) is 39.0 Å². The number of hydrogen-bond acceptors (Lipinski definition) is 4. The van der Waals surface area contributed by atoms with Gasteiger partial charge < -0.3 is 5.73 Å². The van der Waals surface area contributed by atoms with Crippen LogP contribution in [0, 0.1) is 0 Å². The van der Waals surface area contributed by atoms with Crippen molar-refractivity contribution in [3.8, 4) is 0 Å². The third-order valence-electron chi connectivity index (χ3n) is 3.41. The number of rotatable bonds is 3. The minimum atomic E-state index is 0.315. The van der Waals surface area contributed by atoms with Gasteiger partial charge in [-0.3, -0.25) is 9.58 Å². The maximum Gasteiger partial charge on any atom is 0.0967 e.